The topological polar surface area (TPSA) is 146 Å². The molecule has 9 nitrogen and oxygen atoms in total. The molecule has 0 bridgehead atoms. The van der Waals surface area contributed by atoms with Crippen LogP contribution in [0.2, 0.25) is 0 Å². The Morgan fingerprint density at radius 2 is 1.65 bits per heavy atom. The zero-order valence-electron chi connectivity index (χ0n) is 21.8. The third-order valence-corrected chi connectivity index (χ3v) is 11.9. The molecule has 6 rings (SSSR count). The zero-order valence-corrected chi connectivity index (χ0v) is 21.8. The first-order valence-corrected chi connectivity index (χ1v) is 14.1. The molecule has 37 heavy (non-hydrogen) atoms. The van der Waals surface area contributed by atoms with E-state index < -0.39 is 35.8 Å². The minimum absolute atomic E-state index is 0.0813. The lowest BCUT2D eigenvalue weighted by molar-refractivity contribution is -0.304. The van der Waals surface area contributed by atoms with Crippen molar-refractivity contribution in [2.75, 3.05) is 13.2 Å². The van der Waals surface area contributed by atoms with Gasteiger partial charge in [0, 0.05) is 17.9 Å². The Hall–Kier alpha value is -1.07. The number of fused-ring (bicyclic) bond motifs is 5. The molecular weight excluding hydrogens is 480 g/mol. The number of hydrogen-bond acceptors (Lipinski definition) is 9. The number of hydrogen-bond donors (Lipinski definition) is 5. The van der Waals surface area contributed by atoms with Crippen molar-refractivity contribution in [3.8, 4) is 0 Å². The van der Waals surface area contributed by atoms with Gasteiger partial charge < -0.3 is 39.7 Å². The normalized spacial score (nSPS) is 55.6. The summed E-state index contributed by atoms with van der Waals surface area (Å²) in [6.07, 6.45) is 2.83. The zero-order chi connectivity index (χ0) is 26.4. The number of aliphatic hydroxyl groups is 5. The highest BCUT2D eigenvalue weighted by Crippen LogP contribution is 2.70. The molecule has 2 heterocycles. The third kappa shape index (κ3) is 3.65. The van der Waals surface area contributed by atoms with Crippen LogP contribution in [0.1, 0.15) is 71.6 Å². The van der Waals surface area contributed by atoms with Crippen molar-refractivity contribution >= 4 is 5.97 Å². The van der Waals surface area contributed by atoms with Crippen LogP contribution in [-0.2, 0) is 19.0 Å². The van der Waals surface area contributed by atoms with E-state index in [1.807, 2.05) is 0 Å². The van der Waals surface area contributed by atoms with Crippen molar-refractivity contribution < 1.29 is 44.5 Å². The van der Waals surface area contributed by atoms with E-state index in [4.69, 9.17) is 14.2 Å². The van der Waals surface area contributed by atoms with Crippen LogP contribution in [0.5, 0.6) is 0 Å². The van der Waals surface area contributed by atoms with Gasteiger partial charge in [-0.3, -0.25) is 0 Å². The van der Waals surface area contributed by atoms with Gasteiger partial charge in [-0.25, -0.2) is 4.79 Å². The molecule has 0 aromatic carbocycles. The molecule has 5 N–H and O–H groups in total. The molecule has 9 heteroatoms. The Balaban J connectivity index is 1.19. The number of carbonyl (C=O) groups excluding carboxylic acids is 1. The quantitative estimate of drug-likeness (QED) is 0.272. The Morgan fingerprint density at radius 3 is 2.38 bits per heavy atom. The van der Waals surface area contributed by atoms with Crippen LogP contribution in [-0.4, -0.2) is 86.6 Å². The maximum Gasteiger partial charge on any atom is 0.331 e. The van der Waals surface area contributed by atoms with Crippen LogP contribution in [0.25, 0.3) is 0 Å². The average Bonchev–Trinajstić information content (AvgIpc) is 3.40. The number of cyclic esters (lactones) is 1. The highest BCUT2D eigenvalue weighted by molar-refractivity contribution is 5.85. The minimum Gasteiger partial charge on any atom is -0.458 e. The molecule has 0 radical (unpaired) electrons. The molecule has 0 unspecified atom stereocenters. The Kier molecular flexibility index (Phi) is 6.16. The summed E-state index contributed by atoms with van der Waals surface area (Å²) in [6.45, 7) is 4.59. The van der Waals surface area contributed by atoms with Crippen molar-refractivity contribution in [2.24, 2.45) is 28.6 Å². The average molecular weight is 523 g/mol. The lowest BCUT2D eigenvalue weighted by Crippen LogP contribution is -2.67. The van der Waals surface area contributed by atoms with Gasteiger partial charge in [0.05, 0.1) is 23.9 Å². The summed E-state index contributed by atoms with van der Waals surface area (Å²) in [5, 5.41) is 54.5. The highest BCUT2D eigenvalue weighted by Gasteiger charge is 2.70. The van der Waals surface area contributed by atoms with E-state index in [9.17, 15) is 30.3 Å². The maximum atomic E-state index is 12.3. The summed E-state index contributed by atoms with van der Waals surface area (Å²) in [7, 11) is 0. The van der Waals surface area contributed by atoms with Gasteiger partial charge in [0.2, 0.25) is 0 Å². The van der Waals surface area contributed by atoms with Crippen molar-refractivity contribution in [3.63, 3.8) is 0 Å². The molecule has 0 aromatic rings. The lowest BCUT2D eigenvalue weighted by Gasteiger charge is -2.66. The van der Waals surface area contributed by atoms with Gasteiger partial charge in [-0.15, -0.1) is 0 Å². The SMILES string of the molecule is C[C@]12CC[C@H](O[C@@H]3OC[C@H](O)[C@@H](O)[C@H]3O)C[C@@]1(O)CC[C@@H]1[C@@H]2CC[C@]2(C)[C@@H](C3=CC(=O)OC3)CC[C@]12O. The summed E-state index contributed by atoms with van der Waals surface area (Å²) in [6, 6.07) is 0. The Labute approximate surface area is 217 Å². The molecule has 208 valence electrons. The molecule has 5 fully saturated rings. The fraction of sp³-hybridized carbons (Fsp3) is 0.893. The van der Waals surface area contributed by atoms with Crippen molar-refractivity contribution in [1.82, 2.24) is 0 Å². The molecule has 2 aliphatic heterocycles. The van der Waals surface area contributed by atoms with Gasteiger partial charge in [0.1, 0.15) is 24.9 Å². The largest absolute Gasteiger partial charge is 0.458 e. The van der Waals surface area contributed by atoms with Crippen LogP contribution in [0, 0.1) is 28.6 Å². The fourth-order valence-electron chi connectivity index (χ4n) is 9.57. The predicted molar refractivity (Wildman–Crippen MR) is 130 cm³/mol. The first-order valence-electron chi connectivity index (χ1n) is 14.1. The summed E-state index contributed by atoms with van der Waals surface area (Å²) < 4.78 is 16.7. The number of aliphatic hydroxyl groups excluding tert-OH is 3. The van der Waals surface area contributed by atoms with E-state index in [0.29, 0.717) is 32.3 Å². The number of esters is 1. The summed E-state index contributed by atoms with van der Waals surface area (Å²) >= 11 is 0. The smallest absolute Gasteiger partial charge is 0.331 e. The Morgan fingerprint density at radius 1 is 0.919 bits per heavy atom. The highest BCUT2D eigenvalue weighted by atomic mass is 16.7. The van der Waals surface area contributed by atoms with Crippen LogP contribution in [0.4, 0.5) is 0 Å². The first kappa shape index (κ1) is 26.2. The second-order valence-electron chi connectivity index (χ2n) is 13.3. The maximum absolute atomic E-state index is 12.3. The number of ether oxygens (including phenoxy) is 3. The summed E-state index contributed by atoms with van der Waals surface area (Å²) in [5.41, 5.74) is -1.49. The molecule has 4 saturated carbocycles. The molecule has 4 aliphatic carbocycles. The van der Waals surface area contributed by atoms with E-state index in [2.05, 4.69) is 13.8 Å². The minimum atomic E-state index is -1.35. The summed E-state index contributed by atoms with van der Waals surface area (Å²) in [5.74, 6) is 0.109. The van der Waals surface area contributed by atoms with E-state index in [-0.39, 0.29) is 47.3 Å². The van der Waals surface area contributed by atoms with E-state index >= 15 is 0 Å². The van der Waals surface area contributed by atoms with Crippen LogP contribution in [0.3, 0.4) is 0 Å². The number of rotatable bonds is 3. The van der Waals surface area contributed by atoms with Gasteiger partial charge >= 0.3 is 5.97 Å². The summed E-state index contributed by atoms with van der Waals surface area (Å²) in [4.78, 5) is 11.8. The number of carbonyl (C=O) groups is 1. The van der Waals surface area contributed by atoms with Crippen molar-refractivity contribution in [2.45, 2.75) is 114 Å². The van der Waals surface area contributed by atoms with Crippen molar-refractivity contribution in [3.05, 3.63) is 11.6 Å². The van der Waals surface area contributed by atoms with Gasteiger partial charge in [-0.05, 0) is 80.1 Å². The third-order valence-electron chi connectivity index (χ3n) is 11.9. The van der Waals surface area contributed by atoms with E-state index in [0.717, 1.165) is 37.7 Å². The fourth-order valence-corrected chi connectivity index (χ4v) is 9.57. The molecule has 6 aliphatic rings. The van der Waals surface area contributed by atoms with Gasteiger partial charge in [-0.2, -0.15) is 0 Å². The van der Waals surface area contributed by atoms with E-state index in [1.165, 1.54) is 0 Å². The standard InChI is InChI=1S/C28H42O9/c1-25-7-3-16(37-24-23(32)22(31)20(29)14-36-24)12-27(25,33)9-5-19-18(25)4-8-26(2)17(6-10-28(19,26)34)15-11-21(30)35-13-15/h11,16-20,22-24,29,31-34H,3-10,12-14H2,1-2H3/t16-,17+,18-,19+,20-,22+,23+,24-,25+,26+,27-,28-/m0/s1. The Bertz CT molecular complexity index is 969. The molecule has 0 aromatic heterocycles. The van der Waals surface area contributed by atoms with Crippen LogP contribution in [0.15, 0.2) is 11.6 Å². The lowest BCUT2D eigenvalue weighted by atomic mass is 9.42. The first-order chi connectivity index (χ1) is 17.4. The van der Waals surface area contributed by atoms with Gasteiger partial charge in [0.15, 0.2) is 6.29 Å². The molecular formula is C28H42O9. The predicted octanol–water partition coefficient (Wildman–Crippen LogP) is 1.18. The molecule has 12 atom stereocenters. The second-order valence-corrected chi connectivity index (χ2v) is 13.3. The second kappa shape index (κ2) is 8.71. The monoisotopic (exact) mass is 522 g/mol. The van der Waals surface area contributed by atoms with Crippen LogP contribution >= 0.6 is 0 Å². The van der Waals surface area contributed by atoms with Gasteiger partial charge in [0.25, 0.3) is 0 Å². The molecule has 0 spiro atoms. The molecule has 0 amide bonds. The van der Waals surface area contributed by atoms with E-state index in [1.54, 1.807) is 6.08 Å². The molecule has 1 saturated heterocycles. The van der Waals surface area contributed by atoms with Crippen LogP contribution < -0.4 is 0 Å². The van der Waals surface area contributed by atoms with Crippen molar-refractivity contribution in [1.29, 1.82) is 0 Å². The van der Waals surface area contributed by atoms with Gasteiger partial charge in [-0.1, -0.05) is 13.8 Å².